The number of rotatable bonds is 5. The molecule has 0 fully saturated rings. The van der Waals surface area contributed by atoms with Crippen LogP contribution in [0.5, 0.6) is 0 Å². The Labute approximate surface area is 137 Å². The number of nitrogens with one attached hydrogen (secondary N) is 1. The minimum absolute atomic E-state index is 0.0975. The van der Waals surface area contributed by atoms with Crippen LogP contribution < -0.4 is 5.32 Å². The van der Waals surface area contributed by atoms with E-state index >= 15 is 0 Å². The number of benzene rings is 2. The first-order valence-electron chi connectivity index (χ1n) is 7.71. The molecule has 0 spiro atoms. The van der Waals surface area contributed by atoms with Crippen LogP contribution in [0.1, 0.15) is 40.1 Å². The van der Waals surface area contributed by atoms with Gasteiger partial charge in [-0.1, -0.05) is 44.2 Å². The molecule has 122 valence electrons. The molecule has 23 heavy (non-hydrogen) atoms. The smallest absolute Gasteiger partial charge is 0.337 e. The van der Waals surface area contributed by atoms with Crippen molar-refractivity contribution < 1.29 is 14.3 Å². The quantitative estimate of drug-likeness (QED) is 0.860. The Balaban J connectivity index is 0.00000127. The molecule has 0 aliphatic carbocycles. The molecule has 0 aliphatic heterocycles. The van der Waals surface area contributed by atoms with E-state index in [9.17, 15) is 9.59 Å². The summed E-state index contributed by atoms with van der Waals surface area (Å²) >= 11 is 0. The normalized spacial score (nSPS) is 9.35. The number of methoxy groups -OCH3 is 1. The summed E-state index contributed by atoms with van der Waals surface area (Å²) in [6.07, 6.45) is 0.656. The zero-order chi connectivity index (χ0) is 17.1. The second-order valence-corrected chi connectivity index (χ2v) is 4.56. The van der Waals surface area contributed by atoms with E-state index in [1.165, 1.54) is 7.11 Å². The summed E-state index contributed by atoms with van der Waals surface area (Å²) < 4.78 is 4.68. The van der Waals surface area contributed by atoms with Crippen LogP contribution in [0, 0.1) is 0 Å². The van der Waals surface area contributed by atoms with Crippen molar-refractivity contribution in [2.24, 2.45) is 0 Å². The Morgan fingerprint density at radius 1 is 0.957 bits per heavy atom. The average Bonchev–Trinajstić information content (AvgIpc) is 2.63. The highest BCUT2D eigenvalue weighted by molar-refractivity contribution is 5.94. The minimum atomic E-state index is -0.356. The van der Waals surface area contributed by atoms with Crippen molar-refractivity contribution in [3.63, 3.8) is 0 Å². The van der Waals surface area contributed by atoms with E-state index in [1.54, 1.807) is 30.3 Å². The molecule has 0 radical (unpaired) electrons. The van der Waals surface area contributed by atoms with Crippen molar-refractivity contribution in [2.45, 2.75) is 20.3 Å². The van der Waals surface area contributed by atoms with Gasteiger partial charge in [-0.05, 0) is 36.2 Å². The number of carbonyl (C=O) groups is 2. The van der Waals surface area contributed by atoms with Crippen LogP contribution in [-0.2, 0) is 11.2 Å². The van der Waals surface area contributed by atoms with Gasteiger partial charge in [-0.25, -0.2) is 4.79 Å². The summed E-state index contributed by atoms with van der Waals surface area (Å²) in [6, 6.07) is 16.3. The van der Waals surface area contributed by atoms with Crippen molar-refractivity contribution in [1.82, 2.24) is 5.32 Å². The highest BCUT2D eigenvalue weighted by Gasteiger charge is 2.06. The Morgan fingerprint density at radius 2 is 1.61 bits per heavy atom. The summed E-state index contributed by atoms with van der Waals surface area (Å²) in [5.74, 6) is -0.454. The third-order valence-electron chi connectivity index (χ3n) is 3.08. The van der Waals surface area contributed by atoms with Crippen LogP contribution in [0.15, 0.2) is 54.6 Å². The van der Waals surface area contributed by atoms with Gasteiger partial charge in [-0.2, -0.15) is 0 Å². The Bertz CT molecular complexity index is 624. The topological polar surface area (TPSA) is 55.4 Å². The van der Waals surface area contributed by atoms with Crippen molar-refractivity contribution >= 4 is 11.9 Å². The molecular weight excluding hydrogens is 290 g/mol. The summed E-state index contributed by atoms with van der Waals surface area (Å²) in [6.45, 7) is 4.51. The maximum atomic E-state index is 11.9. The maximum absolute atomic E-state index is 11.9. The predicted molar refractivity (Wildman–Crippen MR) is 91.6 cm³/mol. The summed E-state index contributed by atoms with van der Waals surface area (Å²) in [5, 5.41) is 2.85. The van der Waals surface area contributed by atoms with E-state index < -0.39 is 0 Å². The van der Waals surface area contributed by atoms with Gasteiger partial charge in [0.25, 0.3) is 5.91 Å². The van der Waals surface area contributed by atoms with Gasteiger partial charge >= 0.3 is 5.97 Å². The van der Waals surface area contributed by atoms with Gasteiger partial charge in [0.1, 0.15) is 0 Å². The Kier molecular flexibility index (Phi) is 8.14. The number of hydrogen-bond acceptors (Lipinski definition) is 3. The Hall–Kier alpha value is -2.62. The lowest BCUT2D eigenvalue weighted by molar-refractivity contribution is 0.0600. The third-order valence-corrected chi connectivity index (χ3v) is 3.08. The molecule has 1 N–H and O–H groups in total. The summed E-state index contributed by atoms with van der Waals surface area (Å²) in [5.41, 5.74) is 2.14. The molecule has 0 atom stereocenters. The molecule has 4 heteroatoms. The van der Waals surface area contributed by atoms with E-state index in [0.717, 1.165) is 5.56 Å². The van der Waals surface area contributed by atoms with Crippen molar-refractivity contribution in [2.75, 3.05) is 13.7 Å². The molecule has 0 saturated heterocycles. The van der Waals surface area contributed by atoms with E-state index in [2.05, 4.69) is 10.1 Å². The van der Waals surface area contributed by atoms with Crippen LogP contribution in [0.4, 0.5) is 0 Å². The van der Waals surface area contributed by atoms with Gasteiger partial charge < -0.3 is 10.1 Å². The van der Waals surface area contributed by atoms with Gasteiger partial charge in [0.05, 0.1) is 12.7 Å². The molecule has 0 aliphatic rings. The number of hydrogen-bond donors (Lipinski definition) is 1. The first-order chi connectivity index (χ1) is 11.2. The lowest BCUT2D eigenvalue weighted by atomic mass is 10.1. The lowest BCUT2D eigenvalue weighted by Gasteiger charge is -2.06. The fourth-order valence-electron chi connectivity index (χ4n) is 1.98. The van der Waals surface area contributed by atoms with Gasteiger partial charge in [0, 0.05) is 12.1 Å². The molecule has 0 unspecified atom stereocenters. The van der Waals surface area contributed by atoms with Crippen LogP contribution >= 0.6 is 0 Å². The van der Waals surface area contributed by atoms with Gasteiger partial charge in [-0.15, -0.1) is 0 Å². The van der Waals surface area contributed by atoms with Gasteiger partial charge in [0.2, 0.25) is 0 Å². The molecular formula is C19H23NO3. The zero-order valence-electron chi connectivity index (χ0n) is 13.8. The first kappa shape index (κ1) is 18.4. The van der Waals surface area contributed by atoms with E-state index in [-0.39, 0.29) is 11.9 Å². The number of amides is 1. The largest absolute Gasteiger partial charge is 0.465 e. The van der Waals surface area contributed by atoms with E-state index in [4.69, 9.17) is 0 Å². The molecule has 4 nitrogen and oxygen atoms in total. The fraction of sp³-hybridized carbons (Fsp3) is 0.263. The van der Waals surface area contributed by atoms with Crippen molar-refractivity contribution in [3.8, 4) is 0 Å². The standard InChI is InChI=1S/C17H17NO3.C2H6/c1-21-17(20)15-9-5-6-13(12-15)10-11-18-16(19)14-7-3-2-4-8-14;1-2/h2-9,12H,10-11H2,1H3,(H,18,19);1-2H3. The van der Waals surface area contributed by atoms with Gasteiger partial charge in [-0.3, -0.25) is 4.79 Å². The average molecular weight is 313 g/mol. The molecule has 0 saturated carbocycles. The van der Waals surface area contributed by atoms with Crippen molar-refractivity contribution in [1.29, 1.82) is 0 Å². The highest BCUT2D eigenvalue weighted by atomic mass is 16.5. The molecule has 1 amide bonds. The maximum Gasteiger partial charge on any atom is 0.337 e. The molecule has 0 heterocycles. The SMILES string of the molecule is CC.COC(=O)c1cccc(CCNC(=O)c2ccccc2)c1. The van der Waals surface area contributed by atoms with Crippen LogP contribution in [-0.4, -0.2) is 25.5 Å². The van der Waals surface area contributed by atoms with Crippen LogP contribution in [0.3, 0.4) is 0 Å². The van der Waals surface area contributed by atoms with Crippen LogP contribution in [0.25, 0.3) is 0 Å². The zero-order valence-corrected chi connectivity index (χ0v) is 13.8. The predicted octanol–water partition coefficient (Wildman–Crippen LogP) is 3.47. The minimum Gasteiger partial charge on any atom is -0.465 e. The number of ether oxygens (including phenoxy) is 1. The third kappa shape index (κ3) is 5.94. The van der Waals surface area contributed by atoms with Gasteiger partial charge in [0.15, 0.2) is 0 Å². The van der Waals surface area contributed by atoms with Crippen molar-refractivity contribution in [3.05, 3.63) is 71.3 Å². The molecule has 2 aromatic rings. The summed E-state index contributed by atoms with van der Waals surface area (Å²) in [4.78, 5) is 23.3. The number of carbonyl (C=O) groups excluding carboxylic acids is 2. The number of esters is 1. The summed E-state index contributed by atoms with van der Waals surface area (Å²) in [7, 11) is 1.36. The Morgan fingerprint density at radius 3 is 2.26 bits per heavy atom. The first-order valence-corrected chi connectivity index (χ1v) is 7.71. The molecule has 0 bridgehead atoms. The lowest BCUT2D eigenvalue weighted by Crippen LogP contribution is -2.25. The second-order valence-electron chi connectivity index (χ2n) is 4.56. The molecule has 0 aromatic heterocycles. The molecule has 2 rings (SSSR count). The van der Waals surface area contributed by atoms with E-state index in [0.29, 0.717) is 24.1 Å². The van der Waals surface area contributed by atoms with E-state index in [1.807, 2.05) is 38.1 Å². The monoisotopic (exact) mass is 313 g/mol. The second kappa shape index (κ2) is 10.2. The highest BCUT2D eigenvalue weighted by Crippen LogP contribution is 2.07. The fourth-order valence-corrected chi connectivity index (χ4v) is 1.98. The van der Waals surface area contributed by atoms with Crippen LogP contribution in [0.2, 0.25) is 0 Å². The molecule has 2 aromatic carbocycles.